The predicted octanol–water partition coefficient (Wildman–Crippen LogP) is 3.81. The molecule has 3 rings (SSSR count). The lowest BCUT2D eigenvalue weighted by Gasteiger charge is -2.23. The van der Waals surface area contributed by atoms with Crippen LogP contribution in [-0.4, -0.2) is 34.6 Å². The fourth-order valence-corrected chi connectivity index (χ4v) is 3.03. The quantitative estimate of drug-likeness (QED) is 0.769. The van der Waals surface area contributed by atoms with Crippen LogP contribution in [0.2, 0.25) is 0 Å². The zero-order valence-corrected chi connectivity index (χ0v) is 14.3. The zero-order chi connectivity index (χ0) is 18.0. The minimum absolute atomic E-state index is 0.00787. The van der Waals surface area contributed by atoms with Gasteiger partial charge in [-0.2, -0.15) is 0 Å². The van der Waals surface area contributed by atoms with Crippen LogP contribution in [0.25, 0.3) is 10.9 Å². The molecule has 0 spiro atoms. The van der Waals surface area contributed by atoms with Gasteiger partial charge in [0.05, 0.1) is 12.1 Å². The summed E-state index contributed by atoms with van der Waals surface area (Å²) in [5.74, 6) is -1.37. The van der Waals surface area contributed by atoms with Crippen molar-refractivity contribution in [3.8, 4) is 0 Å². The summed E-state index contributed by atoms with van der Waals surface area (Å²) in [4.78, 5) is 26.4. The van der Waals surface area contributed by atoms with Gasteiger partial charge in [-0.05, 0) is 43.7 Å². The number of carbonyl (C=O) groups is 2. The molecule has 0 saturated carbocycles. The summed E-state index contributed by atoms with van der Waals surface area (Å²) in [5.41, 5.74) is 2.67. The smallest absolute Gasteiger partial charge is 0.352 e. The Bertz CT molecular complexity index is 943. The molecule has 0 aliphatic carbocycles. The van der Waals surface area contributed by atoms with Gasteiger partial charge in [0.15, 0.2) is 0 Å². The van der Waals surface area contributed by atoms with Crippen LogP contribution >= 0.6 is 0 Å². The second-order valence-electron chi connectivity index (χ2n) is 5.98. The summed E-state index contributed by atoms with van der Waals surface area (Å²) in [6.45, 7) is 4.73. The third-order valence-electron chi connectivity index (χ3n) is 4.25. The number of carboxylic acid groups (broad SMARTS) is 1. The highest BCUT2D eigenvalue weighted by Gasteiger charge is 2.21. The molecule has 1 heterocycles. The first-order valence-corrected chi connectivity index (χ1v) is 8.20. The van der Waals surface area contributed by atoms with Crippen molar-refractivity contribution < 1.29 is 14.7 Å². The molecular formula is C20H20N2O3. The third-order valence-corrected chi connectivity index (χ3v) is 4.25. The van der Waals surface area contributed by atoms with E-state index in [9.17, 15) is 14.7 Å². The Labute approximate surface area is 146 Å². The maximum Gasteiger partial charge on any atom is 0.352 e. The first-order valence-electron chi connectivity index (χ1n) is 8.20. The second-order valence-corrected chi connectivity index (χ2v) is 5.98. The van der Waals surface area contributed by atoms with E-state index in [0.717, 1.165) is 16.6 Å². The van der Waals surface area contributed by atoms with E-state index >= 15 is 0 Å². The van der Waals surface area contributed by atoms with Gasteiger partial charge in [-0.15, -0.1) is 0 Å². The molecular weight excluding hydrogens is 316 g/mol. The number of nitrogens with zero attached hydrogens (tertiary/aromatic N) is 2. The van der Waals surface area contributed by atoms with Crippen LogP contribution in [0.15, 0.2) is 54.6 Å². The zero-order valence-electron chi connectivity index (χ0n) is 14.3. The monoisotopic (exact) mass is 336 g/mol. The van der Waals surface area contributed by atoms with Gasteiger partial charge in [0.25, 0.3) is 5.91 Å². The van der Waals surface area contributed by atoms with Gasteiger partial charge in [0, 0.05) is 17.6 Å². The number of fused-ring (bicyclic) bond motifs is 1. The van der Waals surface area contributed by atoms with Crippen LogP contribution in [0, 0.1) is 6.92 Å². The van der Waals surface area contributed by atoms with E-state index in [1.807, 2.05) is 55.1 Å². The van der Waals surface area contributed by atoms with E-state index in [1.54, 1.807) is 18.2 Å². The van der Waals surface area contributed by atoms with Gasteiger partial charge in [-0.1, -0.05) is 30.3 Å². The molecule has 1 aromatic heterocycles. The number of para-hydroxylation sites is 1. The van der Waals surface area contributed by atoms with E-state index in [1.165, 1.54) is 4.57 Å². The second kappa shape index (κ2) is 6.81. The molecule has 1 N–H and O–H groups in total. The van der Waals surface area contributed by atoms with Gasteiger partial charge < -0.3 is 10.0 Å². The lowest BCUT2D eigenvalue weighted by Crippen LogP contribution is -2.33. The van der Waals surface area contributed by atoms with E-state index in [2.05, 4.69) is 0 Å². The molecule has 0 fully saturated rings. The molecule has 5 nitrogen and oxygen atoms in total. The maximum atomic E-state index is 12.9. The lowest BCUT2D eigenvalue weighted by atomic mass is 10.2. The van der Waals surface area contributed by atoms with Crippen molar-refractivity contribution in [3.05, 3.63) is 65.9 Å². The van der Waals surface area contributed by atoms with E-state index in [4.69, 9.17) is 0 Å². The van der Waals surface area contributed by atoms with Crippen molar-refractivity contribution in [3.63, 3.8) is 0 Å². The van der Waals surface area contributed by atoms with Crippen molar-refractivity contribution in [1.29, 1.82) is 0 Å². The normalized spacial score (nSPS) is 10.8. The van der Waals surface area contributed by atoms with Crippen LogP contribution in [0.1, 0.15) is 27.8 Å². The van der Waals surface area contributed by atoms with Crippen molar-refractivity contribution >= 4 is 28.5 Å². The van der Waals surface area contributed by atoms with Crippen molar-refractivity contribution in [2.75, 3.05) is 18.0 Å². The van der Waals surface area contributed by atoms with Crippen LogP contribution in [0.4, 0.5) is 5.69 Å². The van der Waals surface area contributed by atoms with Gasteiger partial charge >= 0.3 is 5.97 Å². The predicted molar refractivity (Wildman–Crippen MR) is 98.6 cm³/mol. The Morgan fingerprint density at radius 3 is 2.52 bits per heavy atom. The molecule has 128 valence electrons. The average Bonchev–Trinajstić information content (AvgIpc) is 2.99. The van der Waals surface area contributed by atoms with Gasteiger partial charge in [0.1, 0.15) is 5.69 Å². The summed E-state index contributed by atoms with van der Waals surface area (Å²) in [6, 6.07) is 16.7. The minimum atomic E-state index is -1.11. The van der Waals surface area contributed by atoms with Crippen LogP contribution < -0.4 is 4.90 Å². The highest BCUT2D eigenvalue weighted by Crippen LogP contribution is 2.21. The third kappa shape index (κ3) is 3.26. The Kier molecular flexibility index (Phi) is 4.57. The number of aromatic nitrogens is 1. The number of rotatable bonds is 5. The Hall–Kier alpha value is -3.08. The molecule has 0 bridgehead atoms. The molecule has 0 aliphatic rings. The van der Waals surface area contributed by atoms with Gasteiger partial charge in [-0.3, -0.25) is 9.36 Å². The highest BCUT2D eigenvalue weighted by molar-refractivity contribution is 6.03. The number of aromatic carboxylic acids is 1. The molecule has 25 heavy (non-hydrogen) atoms. The Morgan fingerprint density at radius 2 is 1.84 bits per heavy atom. The van der Waals surface area contributed by atoms with Crippen LogP contribution in [0.3, 0.4) is 0 Å². The molecule has 0 amide bonds. The van der Waals surface area contributed by atoms with E-state index < -0.39 is 5.97 Å². The first-order chi connectivity index (χ1) is 12.0. The average molecular weight is 336 g/mol. The number of hydrogen-bond acceptors (Lipinski definition) is 3. The number of anilines is 1. The molecule has 0 saturated heterocycles. The minimum Gasteiger partial charge on any atom is -0.477 e. The van der Waals surface area contributed by atoms with Crippen molar-refractivity contribution in [1.82, 2.24) is 4.57 Å². The summed E-state index contributed by atoms with van der Waals surface area (Å²) in [7, 11) is 0. The Balaban J connectivity index is 1.99. The fraction of sp³-hybridized carbons (Fsp3) is 0.200. The topological polar surface area (TPSA) is 62.5 Å². The molecule has 5 heteroatoms. The fourth-order valence-electron chi connectivity index (χ4n) is 3.03. The number of carbonyl (C=O) groups excluding carboxylic acids is 1. The summed E-state index contributed by atoms with van der Waals surface area (Å²) in [6.07, 6.45) is 0. The van der Waals surface area contributed by atoms with E-state index in [0.29, 0.717) is 12.1 Å². The SMILES string of the molecule is CCN(CC(=O)n1c(C(=O)O)cc2ccccc21)c1cccc(C)c1. The number of benzene rings is 2. The van der Waals surface area contributed by atoms with Crippen molar-refractivity contribution in [2.45, 2.75) is 13.8 Å². The molecule has 0 radical (unpaired) electrons. The lowest BCUT2D eigenvalue weighted by molar-refractivity contribution is 0.0675. The van der Waals surface area contributed by atoms with E-state index in [-0.39, 0.29) is 18.1 Å². The number of carboxylic acids is 1. The van der Waals surface area contributed by atoms with Crippen LogP contribution in [0.5, 0.6) is 0 Å². The molecule has 2 aromatic carbocycles. The summed E-state index contributed by atoms with van der Waals surface area (Å²) < 4.78 is 1.30. The first kappa shape index (κ1) is 16.8. The van der Waals surface area contributed by atoms with Gasteiger partial charge in [0.2, 0.25) is 0 Å². The summed E-state index contributed by atoms with van der Waals surface area (Å²) in [5, 5.41) is 10.2. The standard InChI is InChI=1S/C20H20N2O3/c1-3-21(16-9-6-7-14(2)11-16)13-19(23)22-17-10-5-4-8-15(17)12-18(22)20(24)25/h4-12H,3,13H2,1-2H3,(H,24,25). The maximum absolute atomic E-state index is 12.9. The molecule has 0 atom stereocenters. The van der Waals surface area contributed by atoms with Crippen molar-refractivity contribution in [2.24, 2.45) is 0 Å². The van der Waals surface area contributed by atoms with Gasteiger partial charge in [-0.25, -0.2) is 4.79 Å². The number of hydrogen-bond donors (Lipinski definition) is 1. The molecule has 0 unspecified atom stereocenters. The highest BCUT2D eigenvalue weighted by atomic mass is 16.4. The molecule has 0 aliphatic heterocycles. The number of likely N-dealkylation sites (N-methyl/N-ethyl adjacent to an activating group) is 1. The van der Waals surface area contributed by atoms with Crippen LogP contribution in [-0.2, 0) is 0 Å². The Morgan fingerprint density at radius 1 is 1.08 bits per heavy atom. The number of aryl methyl sites for hydroxylation is 1. The largest absolute Gasteiger partial charge is 0.477 e. The molecule has 3 aromatic rings. The summed E-state index contributed by atoms with van der Waals surface area (Å²) >= 11 is 0.